The highest BCUT2D eigenvalue weighted by Gasteiger charge is 2.44. The number of ether oxygens (including phenoxy) is 2. The number of carboxylic acid groups (broad SMARTS) is 2. The van der Waals surface area contributed by atoms with Gasteiger partial charge in [0, 0.05) is 69.4 Å². The summed E-state index contributed by atoms with van der Waals surface area (Å²) in [4.78, 5) is 75.3. The van der Waals surface area contributed by atoms with Crippen LogP contribution < -0.4 is 20.4 Å². The minimum absolute atomic E-state index is 0.0770. The molecule has 2 aromatic heterocycles. The Morgan fingerprint density at radius 3 is 1.46 bits per heavy atom. The molecule has 428 valence electrons. The first-order valence-corrected chi connectivity index (χ1v) is 28.5. The van der Waals surface area contributed by atoms with Gasteiger partial charge in [0.25, 0.3) is 0 Å². The van der Waals surface area contributed by atoms with Crippen LogP contribution in [0.1, 0.15) is 135 Å². The van der Waals surface area contributed by atoms with Crippen molar-refractivity contribution in [2.75, 3.05) is 62.4 Å². The second kappa shape index (κ2) is 22.8. The summed E-state index contributed by atoms with van der Waals surface area (Å²) in [5.41, 5.74) is 2.84. The van der Waals surface area contributed by atoms with Gasteiger partial charge in [0.1, 0.15) is 41.1 Å². The van der Waals surface area contributed by atoms with Crippen LogP contribution in [0.4, 0.5) is 38.5 Å². The number of nitrogens with zero attached hydrogens (tertiary/aromatic N) is 6. The van der Waals surface area contributed by atoms with Gasteiger partial charge in [-0.05, 0) is 137 Å². The smallest absolute Gasteiger partial charge is 0.405 e. The van der Waals surface area contributed by atoms with Gasteiger partial charge in [0.05, 0.1) is 46.2 Å². The normalized spacial score (nSPS) is 23.2. The molecule has 81 heavy (non-hydrogen) atoms. The van der Waals surface area contributed by atoms with Crippen molar-refractivity contribution < 1.29 is 56.4 Å². The minimum Gasteiger partial charge on any atom is -0.465 e. The second-order valence-electron chi connectivity index (χ2n) is 22.6. The molecular formula is C59H66F4N10O8. The van der Waals surface area contributed by atoms with Gasteiger partial charge in [-0.3, -0.25) is 9.59 Å². The summed E-state index contributed by atoms with van der Waals surface area (Å²) in [6.07, 6.45) is 3.60. The van der Waals surface area contributed by atoms with Crippen LogP contribution in [0, 0.1) is 35.1 Å². The quantitative estimate of drug-likeness (QED) is 0.0595. The molecule has 6 aliphatic heterocycles. The lowest BCUT2D eigenvalue weighted by Gasteiger charge is -2.36. The maximum Gasteiger partial charge on any atom is 0.405 e. The third kappa shape index (κ3) is 10.7. The number of imidazole rings is 2. The average Bonchev–Trinajstić information content (AvgIpc) is 4.45. The highest BCUT2D eigenvalue weighted by molar-refractivity contribution is 5.87. The standard InChI is InChI=1S/C59H66F4N10O8/c60-39-30-45-43(64-54(66-45)49-8-4-18-71(49)56(74)51(68-58(76)77)34-14-22-80-23-15-34)28-37(39)47-10-11-48(73(47)36-26-41(62)53(42(63)27-36)70-20-12-33(13-21-70)32-6-2-1-3-7-32)38-29-44-46(31-40(38)61)67-55(65-44)50-9-5-19-72(50)57(75)52(69-59(78)79)35-16-24-81-25-17-35/h1-3,6-7,26-31,33-35,47-52,68-69H,4-5,8-25H2,(H,64,66)(H,65,67)(H,76,77)(H,78,79)/t47-,48+,49?,50?,51-,52?/m0/s1. The van der Waals surface area contributed by atoms with E-state index < -0.39 is 71.7 Å². The van der Waals surface area contributed by atoms with Gasteiger partial charge in [-0.25, -0.2) is 37.1 Å². The lowest BCUT2D eigenvalue weighted by molar-refractivity contribution is -0.137. The van der Waals surface area contributed by atoms with Crippen LogP contribution in [-0.2, 0) is 19.1 Å². The zero-order valence-corrected chi connectivity index (χ0v) is 44.7. The van der Waals surface area contributed by atoms with Crippen LogP contribution in [0.15, 0.2) is 66.7 Å². The first kappa shape index (κ1) is 54.1. The molecular weight excluding hydrogens is 1050 g/mol. The molecule has 22 heteroatoms. The molecule has 12 rings (SSSR count). The molecule has 6 aromatic rings. The summed E-state index contributed by atoms with van der Waals surface area (Å²) < 4.78 is 78.9. The summed E-state index contributed by atoms with van der Waals surface area (Å²) in [5, 5.41) is 24.4. The Morgan fingerprint density at radius 2 is 1.01 bits per heavy atom. The topological polar surface area (TPSA) is 222 Å². The van der Waals surface area contributed by atoms with Crippen LogP contribution >= 0.6 is 0 Å². The molecule has 0 radical (unpaired) electrons. The number of hydrogen-bond donors (Lipinski definition) is 6. The van der Waals surface area contributed by atoms with E-state index in [2.05, 4.69) is 32.7 Å². The number of fused-ring (bicyclic) bond motifs is 2. The number of benzene rings is 4. The van der Waals surface area contributed by atoms with Gasteiger partial charge in [0.15, 0.2) is 11.6 Å². The molecule has 4 aromatic carbocycles. The number of anilines is 2. The van der Waals surface area contributed by atoms with Crippen molar-refractivity contribution in [1.82, 2.24) is 40.4 Å². The van der Waals surface area contributed by atoms with E-state index in [0.717, 1.165) is 0 Å². The predicted molar refractivity (Wildman–Crippen MR) is 291 cm³/mol. The van der Waals surface area contributed by atoms with E-state index in [4.69, 9.17) is 19.4 Å². The van der Waals surface area contributed by atoms with Crippen molar-refractivity contribution in [3.63, 3.8) is 0 Å². The number of rotatable bonds is 13. The fraction of sp³-hybridized carbons (Fsp3) is 0.492. The maximum atomic E-state index is 17.1. The van der Waals surface area contributed by atoms with Gasteiger partial charge in [-0.2, -0.15) is 0 Å². The lowest BCUT2D eigenvalue weighted by Crippen LogP contribution is -2.52. The van der Waals surface area contributed by atoms with Crippen LogP contribution in [-0.4, -0.2) is 129 Å². The van der Waals surface area contributed by atoms with E-state index in [1.54, 1.807) is 31.7 Å². The monoisotopic (exact) mass is 1120 g/mol. The maximum absolute atomic E-state index is 17.1. The fourth-order valence-corrected chi connectivity index (χ4v) is 14.0. The molecule has 6 fully saturated rings. The van der Waals surface area contributed by atoms with Crippen LogP contribution in [0.25, 0.3) is 22.1 Å². The van der Waals surface area contributed by atoms with Gasteiger partial charge in [-0.15, -0.1) is 0 Å². The Bertz CT molecular complexity index is 3140. The molecule has 0 aliphatic carbocycles. The Balaban J connectivity index is 0.873. The van der Waals surface area contributed by atoms with Crippen molar-refractivity contribution in [3.8, 4) is 0 Å². The largest absolute Gasteiger partial charge is 0.465 e. The highest BCUT2D eigenvalue weighted by Crippen LogP contribution is 2.50. The molecule has 6 saturated heterocycles. The number of piperidine rings is 1. The van der Waals surface area contributed by atoms with Crippen LogP contribution in [0.2, 0.25) is 0 Å². The number of nitrogens with one attached hydrogen (secondary N) is 4. The van der Waals surface area contributed by atoms with E-state index in [1.807, 2.05) is 18.2 Å². The van der Waals surface area contributed by atoms with Crippen molar-refractivity contribution in [2.45, 2.75) is 119 Å². The van der Waals surface area contributed by atoms with Gasteiger partial charge in [-0.1, -0.05) is 30.3 Å². The van der Waals surface area contributed by atoms with Crippen molar-refractivity contribution in [2.24, 2.45) is 11.8 Å². The number of amides is 4. The number of likely N-dealkylation sites (tertiary alicyclic amines) is 2. The van der Waals surface area contributed by atoms with E-state index in [9.17, 15) is 29.4 Å². The third-order valence-electron chi connectivity index (χ3n) is 18.0. The molecule has 6 atom stereocenters. The Labute approximate surface area is 464 Å². The number of halogens is 4. The SMILES string of the molecule is O=C(O)NC(C(=O)N1CCCC1c1nc2cc([C@H]3CC[C@@H](c4cc5nc(C6CCCN6C(=O)[C@@H](NC(=O)O)C6CCOCC6)[nH]c5cc4F)N3c3cc(F)c(N4CCC(c5ccccc5)CC4)c(F)c3)c(F)cc2[nH]1)C1CCOCC1. The number of aromatic nitrogens is 4. The first-order valence-electron chi connectivity index (χ1n) is 28.5. The molecule has 18 nitrogen and oxygen atoms in total. The third-order valence-corrected chi connectivity index (χ3v) is 18.0. The number of H-pyrrole nitrogens is 2. The fourth-order valence-electron chi connectivity index (χ4n) is 14.0. The number of aromatic amines is 2. The molecule has 0 spiro atoms. The Hall–Kier alpha value is -7.46. The molecule has 3 unspecified atom stereocenters. The zero-order chi connectivity index (χ0) is 56.1. The molecule has 6 aliphatic rings. The van der Waals surface area contributed by atoms with Crippen LogP contribution in [0.5, 0.6) is 0 Å². The van der Waals surface area contributed by atoms with Crippen molar-refractivity contribution in [1.29, 1.82) is 0 Å². The molecule has 0 bridgehead atoms. The molecule has 0 saturated carbocycles. The van der Waals surface area contributed by atoms with Gasteiger partial charge in [0.2, 0.25) is 11.8 Å². The van der Waals surface area contributed by atoms with Gasteiger partial charge >= 0.3 is 12.2 Å². The Morgan fingerprint density at radius 1 is 0.556 bits per heavy atom. The number of carbonyl (C=O) groups is 4. The van der Waals surface area contributed by atoms with Crippen molar-refractivity contribution in [3.05, 3.63) is 118 Å². The van der Waals surface area contributed by atoms with Gasteiger partial charge < -0.3 is 59.9 Å². The average molecular weight is 1120 g/mol. The lowest BCUT2D eigenvalue weighted by atomic mass is 9.89. The van der Waals surface area contributed by atoms with Crippen molar-refractivity contribution >= 4 is 57.4 Å². The van der Waals surface area contributed by atoms with E-state index >= 15 is 17.6 Å². The predicted octanol–water partition coefficient (Wildman–Crippen LogP) is 9.91. The van der Waals surface area contributed by atoms with E-state index in [1.165, 1.54) is 29.8 Å². The Kier molecular flexibility index (Phi) is 15.3. The number of carbonyl (C=O) groups excluding carboxylic acids is 2. The van der Waals surface area contributed by atoms with E-state index in [-0.39, 0.29) is 64.9 Å². The summed E-state index contributed by atoms with van der Waals surface area (Å²) in [6.45, 7) is 3.20. The summed E-state index contributed by atoms with van der Waals surface area (Å²) in [7, 11) is 0. The molecule has 4 amide bonds. The summed E-state index contributed by atoms with van der Waals surface area (Å²) >= 11 is 0. The van der Waals surface area contributed by atoms with E-state index in [0.29, 0.717) is 151 Å². The summed E-state index contributed by atoms with van der Waals surface area (Å²) in [5.74, 6) is -3.13. The van der Waals surface area contributed by atoms with Crippen LogP contribution in [0.3, 0.4) is 0 Å². The molecule has 6 N–H and O–H groups in total. The minimum atomic E-state index is -1.31. The highest BCUT2D eigenvalue weighted by atomic mass is 19.1. The molecule has 8 heterocycles. The second-order valence-corrected chi connectivity index (χ2v) is 22.6. The summed E-state index contributed by atoms with van der Waals surface area (Å²) in [6, 6.07) is 13.5. The zero-order valence-electron chi connectivity index (χ0n) is 44.7. The number of hydrogen-bond acceptors (Lipinski definition) is 10. The first-order chi connectivity index (χ1) is 39.3.